The summed E-state index contributed by atoms with van der Waals surface area (Å²) < 4.78 is 16.1. The van der Waals surface area contributed by atoms with Crippen LogP contribution < -0.4 is 10.6 Å². The number of Topliss-reactive ketones (excluding diaryl/α,β-unsaturated/α-hetero) is 1. The van der Waals surface area contributed by atoms with Crippen LogP contribution in [0.25, 0.3) is 0 Å². The standard InChI is InChI=1S/C19H34N2O4.C15H19N3O2.C5H12/c1-13-10-15(12-21(11-13)18(23)25-19(2,3)4)20-17(22)14-6-8-16(24-5)9-7-14;1-10(19)12-9-17-14(15(2,3)4)18-13(12)16-8-11-6-5-7-20-11;1-4-5(2)3/h13-16H,6-12H2,1-5H3,(H,20,22);5-7,9H,8H2,1-4H3,(H,16,17,18);5H,4H2,1-3H3/t13-,14?,15+,16?;;/m0../s1. The first-order chi connectivity index (χ1) is 23.3. The Labute approximate surface area is 301 Å². The van der Waals surface area contributed by atoms with Crippen LogP contribution in [0.3, 0.4) is 0 Å². The van der Waals surface area contributed by atoms with Gasteiger partial charge < -0.3 is 29.4 Å². The maximum Gasteiger partial charge on any atom is 0.410 e. The van der Waals surface area contributed by atoms with Crippen LogP contribution in [0, 0.1) is 17.8 Å². The normalized spacial score (nSPS) is 20.9. The number of nitrogens with zero attached hydrogens (tertiary/aromatic N) is 3. The van der Waals surface area contributed by atoms with E-state index in [9.17, 15) is 14.4 Å². The van der Waals surface area contributed by atoms with Crippen LogP contribution in [0.1, 0.15) is 137 Å². The van der Waals surface area contributed by atoms with E-state index >= 15 is 0 Å². The van der Waals surface area contributed by atoms with Crippen molar-refractivity contribution in [3.05, 3.63) is 41.7 Å². The number of piperidine rings is 1. The zero-order valence-corrected chi connectivity index (χ0v) is 32.9. The second-order valence-electron chi connectivity index (χ2n) is 16.1. The molecule has 0 unspecified atom stereocenters. The number of rotatable bonds is 8. The number of amides is 2. The second kappa shape index (κ2) is 19.8. The van der Waals surface area contributed by atoms with Crippen molar-refractivity contribution in [2.24, 2.45) is 17.8 Å². The number of anilines is 1. The molecule has 2 aliphatic rings. The van der Waals surface area contributed by atoms with E-state index < -0.39 is 5.60 Å². The van der Waals surface area contributed by atoms with Gasteiger partial charge in [0.2, 0.25) is 5.91 Å². The van der Waals surface area contributed by atoms with Crippen molar-refractivity contribution in [3.63, 3.8) is 0 Å². The molecule has 1 saturated carbocycles. The van der Waals surface area contributed by atoms with Crippen molar-refractivity contribution in [1.29, 1.82) is 0 Å². The highest BCUT2D eigenvalue weighted by Gasteiger charge is 2.33. The molecule has 11 nitrogen and oxygen atoms in total. The monoisotopic (exact) mass is 699 g/mol. The highest BCUT2D eigenvalue weighted by molar-refractivity contribution is 5.98. The molecule has 0 spiro atoms. The van der Waals surface area contributed by atoms with Crippen LogP contribution in [0.2, 0.25) is 0 Å². The molecule has 2 fully saturated rings. The summed E-state index contributed by atoms with van der Waals surface area (Å²) in [5.41, 5.74) is -0.183. The minimum absolute atomic E-state index is 0.00363. The number of hydrogen-bond donors (Lipinski definition) is 2. The molecule has 3 heterocycles. The Morgan fingerprint density at radius 1 is 1.06 bits per heavy atom. The van der Waals surface area contributed by atoms with E-state index in [-0.39, 0.29) is 35.2 Å². The van der Waals surface area contributed by atoms with Gasteiger partial charge in [0.25, 0.3) is 0 Å². The summed E-state index contributed by atoms with van der Waals surface area (Å²) in [6.45, 7) is 23.7. The maximum atomic E-state index is 12.6. The predicted octanol–water partition coefficient (Wildman–Crippen LogP) is 8.19. The van der Waals surface area contributed by atoms with E-state index in [1.54, 1.807) is 24.5 Å². The third kappa shape index (κ3) is 15.2. The minimum Gasteiger partial charge on any atom is -0.467 e. The van der Waals surface area contributed by atoms with Gasteiger partial charge in [0.05, 0.1) is 24.5 Å². The molecular formula is C39H65N5O6. The summed E-state index contributed by atoms with van der Waals surface area (Å²) in [6.07, 6.45) is 9.05. The SMILES string of the molecule is CC(=O)c1cnc(C(C)(C)C)nc1NCc1ccco1.CCC(C)C.COC1CCC(C(=O)N[C@@H]2C[C@H](C)CN(C(=O)OC(C)(C)C)C2)CC1. The highest BCUT2D eigenvalue weighted by atomic mass is 16.6. The fraction of sp³-hybridized carbons (Fsp3) is 0.718. The molecule has 2 amide bonds. The van der Waals surface area contributed by atoms with E-state index in [1.807, 2.05) is 53.7 Å². The number of nitrogens with one attached hydrogen (secondary N) is 2. The Hall–Kier alpha value is -3.47. The lowest BCUT2D eigenvalue weighted by atomic mass is 9.86. The lowest BCUT2D eigenvalue weighted by molar-refractivity contribution is -0.128. The number of carbonyl (C=O) groups is 3. The molecule has 50 heavy (non-hydrogen) atoms. The lowest BCUT2D eigenvalue weighted by Crippen LogP contribution is -2.54. The molecule has 0 aromatic carbocycles. The van der Waals surface area contributed by atoms with Crippen molar-refractivity contribution >= 4 is 23.6 Å². The first kappa shape index (κ1) is 42.7. The smallest absolute Gasteiger partial charge is 0.410 e. The fourth-order valence-corrected chi connectivity index (χ4v) is 5.53. The number of hydrogen-bond acceptors (Lipinski definition) is 9. The number of carbonyl (C=O) groups excluding carboxylic acids is 3. The van der Waals surface area contributed by atoms with Gasteiger partial charge in [-0.05, 0) is 83.8 Å². The minimum atomic E-state index is -0.503. The average Bonchev–Trinajstić information content (AvgIpc) is 3.56. The van der Waals surface area contributed by atoms with Crippen LogP contribution >= 0.6 is 0 Å². The number of aromatic nitrogens is 2. The van der Waals surface area contributed by atoms with Crippen LogP contribution in [-0.4, -0.2) is 70.6 Å². The molecule has 2 aromatic heterocycles. The largest absolute Gasteiger partial charge is 0.467 e. The summed E-state index contributed by atoms with van der Waals surface area (Å²) in [6, 6.07) is 3.69. The van der Waals surface area contributed by atoms with Gasteiger partial charge in [0.15, 0.2) is 5.78 Å². The molecule has 1 aliphatic heterocycles. The second-order valence-corrected chi connectivity index (χ2v) is 16.1. The Morgan fingerprint density at radius 2 is 1.70 bits per heavy atom. The van der Waals surface area contributed by atoms with Gasteiger partial charge >= 0.3 is 6.09 Å². The molecule has 11 heteroatoms. The Bertz CT molecular complexity index is 1320. The average molecular weight is 700 g/mol. The number of ketones is 1. The third-order valence-corrected chi connectivity index (χ3v) is 8.70. The third-order valence-electron chi connectivity index (χ3n) is 8.70. The van der Waals surface area contributed by atoms with E-state index in [0.29, 0.717) is 48.9 Å². The van der Waals surface area contributed by atoms with Gasteiger partial charge in [0.1, 0.15) is 23.0 Å². The summed E-state index contributed by atoms with van der Waals surface area (Å²) in [5, 5.41) is 6.31. The van der Waals surface area contributed by atoms with E-state index in [0.717, 1.165) is 43.8 Å². The van der Waals surface area contributed by atoms with Gasteiger partial charge in [-0.1, -0.05) is 54.9 Å². The van der Waals surface area contributed by atoms with Crippen molar-refractivity contribution in [2.75, 3.05) is 25.5 Å². The lowest BCUT2D eigenvalue weighted by Gasteiger charge is -2.38. The van der Waals surface area contributed by atoms with Crippen molar-refractivity contribution in [2.45, 2.75) is 144 Å². The zero-order chi connectivity index (χ0) is 37.6. The molecule has 4 rings (SSSR count). The van der Waals surface area contributed by atoms with Gasteiger partial charge in [0, 0.05) is 43.8 Å². The van der Waals surface area contributed by atoms with Crippen molar-refractivity contribution in [1.82, 2.24) is 20.2 Å². The fourth-order valence-electron chi connectivity index (χ4n) is 5.53. The Morgan fingerprint density at radius 3 is 2.20 bits per heavy atom. The molecule has 282 valence electrons. The number of furan rings is 1. The molecule has 0 bridgehead atoms. The molecule has 2 aromatic rings. The van der Waals surface area contributed by atoms with Crippen LogP contribution in [0.4, 0.5) is 10.6 Å². The summed E-state index contributed by atoms with van der Waals surface area (Å²) in [5.74, 6) is 3.39. The molecule has 0 radical (unpaired) electrons. The molecule has 2 atom stereocenters. The Balaban J connectivity index is 0.000000311. The summed E-state index contributed by atoms with van der Waals surface area (Å²) >= 11 is 0. The van der Waals surface area contributed by atoms with Crippen molar-refractivity contribution in [3.8, 4) is 0 Å². The predicted molar refractivity (Wildman–Crippen MR) is 198 cm³/mol. The van der Waals surface area contributed by atoms with Crippen LogP contribution in [0.5, 0.6) is 0 Å². The topological polar surface area (TPSA) is 136 Å². The molecule has 1 aliphatic carbocycles. The maximum absolute atomic E-state index is 12.6. The highest BCUT2D eigenvalue weighted by Crippen LogP contribution is 2.27. The van der Waals surface area contributed by atoms with Gasteiger partial charge in [-0.3, -0.25) is 9.59 Å². The van der Waals surface area contributed by atoms with Crippen LogP contribution in [-0.2, 0) is 26.2 Å². The molecule has 1 saturated heterocycles. The number of methoxy groups -OCH3 is 1. The van der Waals surface area contributed by atoms with Gasteiger partial charge in [-0.25, -0.2) is 14.8 Å². The number of likely N-dealkylation sites (tertiary alicyclic amines) is 1. The van der Waals surface area contributed by atoms with Crippen LogP contribution in [0.15, 0.2) is 29.0 Å². The molecular weight excluding hydrogens is 634 g/mol. The van der Waals surface area contributed by atoms with Crippen molar-refractivity contribution < 1.29 is 28.3 Å². The number of ether oxygens (including phenoxy) is 2. The van der Waals surface area contributed by atoms with E-state index in [1.165, 1.54) is 13.3 Å². The van der Waals surface area contributed by atoms with Gasteiger partial charge in [-0.2, -0.15) is 0 Å². The molecule has 2 N–H and O–H groups in total. The van der Waals surface area contributed by atoms with E-state index in [2.05, 4.69) is 48.3 Å². The quantitative estimate of drug-likeness (QED) is 0.261. The first-order valence-electron chi connectivity index (χ1n) is 18.3. The van der Waals surface area contributed by atoms with Gasteiger partial charge in [-0.15, -0.1) is 0 Å². The first-order valence-corrected chi connectivity index (χ1v) is 18.3. The Kier molecular flexibility index (Phi) is 16.9. The van der Waals surface area contributed by atoms with E-state index in [4.69, 9.17) is 13.9 Å². The summed E-state index contributed by atoms with van der Waals surface area (Å²) in [7, 11) is 1.74. The summed E-state index contributed by atoms with van der Waals surface area (Å²) in [4.78, 5) is 47.1. The zero-order valence-electron chi connectivity index (χ0n) is 32.9.